The van der Waals surface area contributed by atoms with Crippen LogP contribution in [0, 0.1) is 10.8 Å². The molecule has 1 aromatic carbocycles. The highest BCUT2D eigenvalue weighted by molar-refractivity contribution is 5.79. The molecule has 96 valence electrons. The Labute approximate surface area is 106 Å². The summed E-state index contributed by atoms with van der Waals surface area (Å²) in [5, 5.41) is 9.03. The third kappa shape index (κ3) is 1.55. The zero-order valence-electron chi connectivity index (χ0n) is 10.3. The number of carboxylic acid groups (broad SMARTS) is 1. The van der Waals surface area contributed by atoms with Gasteiger partial charge in [-0.1, -0.05) is 0 Å². The quantitative estimate of drug-likeness (QED) is 0.868. The van der Waals surface area contributed by atoms with Gasteiger partial charge in [0.05, 0.1) is 19.1 Å². The van der Waals surface area contributed by atoms with Crippen molar-refractivity contribution in [3.63, 3.8) is 0 Å². The Morgan fingerprint density at radius 3 is 2.28 bits per heavy atom. The summed E-state index contributed by atoms with van der Waals surface area (Å²) in [4.78, 5) is 11.0. The van der Waals surface area contributed by atoms with Gasteiger partial charge in [-0.2, -0.15) is 0 Å². The molecule has 0 aliphatic heterocycles. The van der Waals surface area contributed by atoms with Crippen molar-refractivity contribution >= 4 is 5.97 Å². The van der Waals surface area contributed by atoms with E-state index in [9.17, 15) is 4.79 Å². The van der Waals surface area contributed by atoms with Crippen LogP contribution >= 0.6 is 0 Å². The first kappa shape index (κ1) is 11.4. The van der Waals surface area contributed by atoms with Gasteiger partial charge in [-0.3, -0.25) is 4.79 Å². The summed E-state index contributed by atoms with van der Waals surface area (Å²) in [7, 11) is 1.63. The van der Waals surface area contributed by atoms with Gasteiger partial charge in [0.2, 0.25) is 0 Å². The molecular formula is C14H16O4. The second-order valence-corrected chi connectivity index (χ2v) is 5.58. The van der Waals surface area contributed by atoms with Gasteiger partial charge < -0.3 is 14.6 Å². The van der Waals surface area contributed by atoms with Gasteiger partial charge in [0.25, 0.3) is 0 Å². The van der Waals surface area contributed by atoms with E-state index in [4.69, 9.17) is 14.6 Å². The van der Waals surface area contributed by atoms with Crippen molar-refractivity contribution in [3.8, 4) is 11.5 Å². The molecule has 4 nitrogen and oxygen atoms in total. The summed E-state index contributed by atoms with van der Waals surface area (Å²) in [5.41, 5.74) is -0.290. The Morgan fingerprint density at radius 1 is 1.22 bits per heavy atom. The van der Waals surface area contributed by atoms with Gasteiger partial charge >= 0.3 is 5.97 Å². The predicted molar refractivity (Wildman–Crippen MR) is 64.8 cm³/mol. The number of rotatable bonds is 5. The van der Waals surface area contributed by atoms with Crippen molar-refractivity contribution in [1.29, 1.82) is 0 Å². The van der Waals surface area contributed by atoms with Crippen LogP contribution < -0.4 is 9.47 Å². The molecule has 2 bridgehead atoms. The molecule has 18 heavy (non-hydrogen) atoms. The molecule has 3 aliphatic carbocycles. The van der Waals surface area contributed by atoms with Crippen LogP contribution in [0.4, 0.5) is 0 Å². The van der Waals surface area contributed by atoms with E-state index in [1.807, 2.05) is 24.3 Å². The lowest BCUT2D eigenvalue weighted by molar-refractivity contribution is -0.231. The molecule has 0 amide bonds. The van der Waals surface area contributed by atoms with Crippen LogP contribution in [0.2, 0.25) is 0 Å². The van der Waals surface area contributed by atoms with Crippen molar-refractivity contribution in [2.24, 2.45) is 10.8 Å². The average molecular weight is 248 g/mol. The normalized spacial score (nSPS) is 32.1. The maximum Gasteiger partial charge on any atom is 0.309 e. The summed E-state index contributed by atoms with van der Waals surface area (Å²) in [5.74, 6) is 0.969. The molecular weight excluding hydrogens is 232 g/mol. The monoisotopic (exact) mass is 248 g/mol. The highest BCUT2D eigenvalue weighted by Crippen LogP contribution is 2.73. The molecule has 4 rings (SSSR count). The van der Waals surface area contributed by atoms with Crippen molar-refractivity contribution in [2.45, 2.75) is 19.3 Å². The number of ether oxygens (including phenoxy) is 2. The number of carboxylic acids is 1. The molecule has 0 heterocycles. The minimum absolute atomic E-state index is 0.123. The zero-order valence-corrected chi connectivity index (χ0v) is 10.3. The van der Waals surface area contributed by atoms with Gasteiger partial charge in [0.1, 0.15) is 11.5 Å². The van der Waals surface area contributed by atoms with Crippen LogP contribution in [0.1, 0.15) is 19.3 Å². The Morgan fingerprint density at radius 2 is 1.78 bits per heavy atom. The number of carbonyl (C=O) groups is 1. The van der Waals surface area contributed by atoms with Gasteiger partial charge in [-0.25, -0.2) is 0 Å². The van der Waals surface area contributed by atoms with Crippen LogP contribution in [-0.2, 0) is 4.79 Å². The van der Waals surface area contributed by atoms with Crippen LogP contribution in [-0.4, -0.2) is 24.8 Å². The molecule has 1 aromatic rings. The number of aliphatic carboxylic acids is 1. The summed E-state index contributed by atoms with van der Waals surface area (Å²) in [6.07, 6.45) is 2.31. The Balaban J connectivity index is 1.53. The van der Waals surface area contributed by atoms with E-state index < -0.39 is 11.4 Å². The fourth-order valence-corrected chi connectivity index (χ4v) is 3.29. The number of benzene rings is 1. The van der Waals surface area contributed by atoms with E-state index >= 15 is 0 Å². The first-order valence-corrected chi connectivity index (χ1v) is 6.08. The van der Waals surface area contributed by atoms with Crippen molar-refractivity contribution in [1.82, 2.24) is 0 Å². The third-order valence-corrected chi connectivity index (χ3v) is 4.20. The van der Waals surface area contributed by atoms with Crippen LogP contribution in [0.25, 0.3) is 0 Å². The second-order valence-electron chi connectivity index (χ2n) is 5.58. The van der Waals surface area contributed by atoms with Crippen LogP contribution in [0.15, 0.2) is 24.3 Å². The van der Waals surface area contributed by atoms with Crippen molar-refractivity contribution in [3.05, 3.63) is 24.3 Å². The Kier molecular flexibility index (Phi) is 2.30. The molecule has 3 aliphatic rings. The van der Waals surface area contributed by atoms with Gasteiger partial charge in [-0.05, 0) is 43.5 Å². The highest BCUT2D eigenvalue weighted by Gasteiger charge is 2.72. The number of hydrogen-bond acceptors (Lipinski definition) is 3. The second kappa shape index (κ2) is 3.64. The molecule has 0 aromatic heterocycles. The smallest absolute Gasteiger partial charge is 0.309 e. The molecule has 3 fully saturated rings. The lowest BCUT2D eigenvalue weighted by atomic mass is 9.35. The molecule has 1 N–H and O–H groups in total. The van der Waals surface area contributed by atoms with Gasteiger partial charge in [-0.15, -0.1) is 0 Å². The number of hydrogen-bond donors (Lipinski definition) is 1. The van der Waals surface area contributed by atoms with Crippen molar-refractivity contribution in [2.75, 3.05) is 13.7 Å². The lowest BCUT2D eigenvalue weighted by Crippen LogP contribution is -2.67. The fraction of sp³-hybridized carbons (Fsp3) is 0.500. The molecule has 0 unspecified atom stereocenters. The molecule has 0 saturated heterocycles. The van der Waals surface area contributed by atoms with Gasteiger partial charge in [0.15, 0.2) is 0 Å². The van der Waals surface area contributed by atoms with E-state index in [-0.39, 0.29) is 5.41 Å². The molecule has 0 spiro atoms. The maximum atomic E-state index is 11.0. The molecule has 4 heteroatoms. The van der Waals surface area contributed by atoms with E-state index in [2.05, 4.69) is 0 Å². The summed E-state index contributed by atoms with van der Waals surface area (Å²) >= 11 is 0. The van der Waals surface area contributed by atoms with Crippen LogP contribution in [0.5, 0.6) is 11.5 Å². The highest BCUT2D eigenvalue weighted by atomic mass is 16.5. The van der Waals surface area contributed by atoms with E-state index in [1.54, 1.807) is 7.11 Å². The van der Waals surface area contributed by atoms with Crippen LogP contribution in [0.3, 0.4) is 0 Å². The third-order valence-electron chi connectivity index (χ3n) is 4.20. The Bertz CT molecular complexity index is 457. The summed E-state index contributed by atoms with van der Waals surface area (Å²) in [6.45, 7) is 0.619. The SMILES string of the molecule is COc1ccc(OCC23CC(C(=O)O)(C2)C3)cc1. The maximum absolute atomic E-state index is 11.0. The summed E-state index contributed by atoms with van der Waals surface area (Å²) < 4.78 is 10.8. The average Bonchev–Trinajstić information content (AvgIpc) is 2.26. The molecule has 0 radical (unpaired) electrons. The fourth-order valence-electron chi connectivity index (χ4n) is 3.29. The minimum atomic E-state index is -0.645. The first-order valence-electron chi connectivity index (χ1n) is 6.08. The van der Waals surface area contributed by atoms with Crippen molar-refractivity contribution < 1.29 is 19.4 Å². The molecule has 0 atom stereocenters. The summed E-state index contributed by atoms with van der Waals surface area (Å²) in [6, 6.07) is 7.46. The van der Waals surface area contributed by atoms with E-state index in [0.29, 0.717) is 6.61 Å². The predicted octanol–water partition coefficient (Wildman–Crippen LogP) is 2.33. The molecule has 3 saturated carbocycles. The Hall–Kier alpha value is -1.71. The van der Waals surface area contributed by atoms with Gasteiger partial charge in [0, 0.05) is 5.41 Å². The zero-order chi connectivity index (χ0) is 12.8. The topological polar surface area (TPSA) is 55.8 Å². The minimum Gasteiger partial charge on any atom is -0.497 e. The lowest BCUT2D eigenvalue weighted by Gasteiger charge is -2.67. The van der Waals surface area contributed by atoms with E-state index in [0.717, 1.165) is 30.8 Å². The number of methoxy groups -OCH3 is 1. The largest absolute Gasteiger partial charge is 0.497 e. The standard InChI is InChI=1S/C14H16O4/c1-17-10-2-4-11(5-3-10)18-9-13-6-14(7-13,8-13)12(15)16/h2-5H,6-9H2,1H3,(H,15,16). The van der Waals surface area contributed by atoms with E-state index in [1.165, 1.54) is 0 Å². The first-order chi connectivity index (χ1) is 8.57.